The number of fused-ring (bicyclic) bond motifs is 1. The molecular formula is C20H17N7O2. The molecule has 0 aliphatic heterocycles. The summed E-state index contributed by atoms with van der Waals surface area (Å²) in [5, 5.41) is 5.79. The van der Waals surface area contributed by atoms with Crippen LogP contribution < -0.4 is 21.1 Å². The third-order valence-electron chi connectivity index (χ3n) is 3.92. The minimum Gasteiger partial charge on any atom is -0.437 e. The van der Waals surface area contributed by atoms with Crippen molar-refractivity contribution >= 4 is 40.1 Å². The standard InChI is InChI=1S/C20H17N7O2/c1-2-16(28)24-14-4-3-5-15(10-14)29-19-17-18(23-11-22-17)26-20(27-19)25-13-8-6-12(21)7-9-13/h2-11H,1,21H2,(H,24,28)(H2,22,23,25,26,27). The van der Waals surface area contributed by atoms with Crippen molar-refractivity contribution in [3.05, 3.63) is 67.5 Å². The number of hydrogen-bond donors (Lipinski definition) is 4. The first-order valence-electron chi connectivity index (χ1n) is 8.66. The van der Waals surface area contributed by atoms with Gasteiger partial charge in [-0.1, -0.05) is 12.6 Å². The number of carbonyl (C=O) groups is 1. The van der Waals surface area contributed by atoms with Crippen molar-refractivity contribution in [3.63, 3.8) is 0 Å². The van der Waals surface area contributed by atoms with Crippen LogP contribution in [0, 0.1) is 0 Å². The van der Waals surface area contributed by atoms with Gasteiger partial charge in [-0.25, -0.2) is 4.98 Å². The number of imidazole rings is 1. The summed E-state index contributed by atoms with van der Waals surface area (Å²) in [6.45, 7) is 3.44. The fourth-order valence-electron chi connectivity index (χ4n) is 2.57. The van der Waals surface area contributed by atoms with Crippen molar-refractivity contribution in [3.8, 4) is 11.6 Å². The second kappa shape index (κ2) is 7.69. The molecular weight excluding hydrogens is 370 g/mol. The van der Waals surface area contributed by atoms with Crippen molar-refractivity contribution in [1.82, 2.24) is 19.9 Å². The topological polar surface area (TPSA) is 131 Å². The van der Waals surface area contributed by atoms with E-state index in [0.29, 0.717) is 34.2 Å². The van der Waals surface area contributed by atoms with Gasteiger partial charge in [0.25, 0.3) is 5.88 Å². The highest BCUT2D eigenvalue weighted by molar-refractivity contribution is 5.98. The molecule has 2 aromatic carbocycles. The van der Waals surface area contributed by atoms with E-state index in [4.69, 9.17) is 10.5 Å². The third kappa shape index (κ3) is 4.14. The number of aromatic nitrogens is 4. The van der Waals surface area contributed by atoms with Gasteiger partial charge >= 0.3 is 0 Å². The van der Waals surface area contributed by atoms with Gasteiger partial charge in [0.1, 0.15) is 11.3 Å². The van der Waals surface area contributed by atoms with Gasteiger partial charge in [0, 0.05) is 23.1 Å². The molecule has 0 bridgehead atoms. The molecule has 0 aliphatic rings. The molecule has 4 aromatic rings. The summed E-state index contributed by atoms with van der Waals surface area (Å²) in [6.07, 6.45) is 2.71. The van der Waals surface area contributed by atoms with Gasteiger partial charge < -0.3 is 26.1 Å². The minimum atomic E-state index is -0.310. The first kappa shape index (κ1) is 18.0. The number of amides is 1. The number of hydrogen-bond acceptors (Lipinski definition) is 7. The third-order valence-corrected chi connectivity index (χ3v) is 3.92. The SMILES string of the molecule is C=CC(=O)Nc1cccc(Oc2nc(Nc3ccc(N)cc3)nc3nc[nH]c23)c1. The Balaban J connectivity index is 1.64. The Labute approximate surface area is 165 Å². The summed E-state index contributed by atoms with van der Waals surface area (Å²) in [5.74, 6) is 0.785. The number of ether oxygens (including phenoxy) is 1. The monoisotopic (exact) mass is 387 g/mol. The summed E-state index contributed by atoms with van der Waals surface area (Å²) >= 11 is 0. The Morgan fingerprint density at radius 1 is 1.14 bits per heavy atom. The molecule has 4 rings (SSSR count). The van der Waals surface area contributed by atoms with Crippen molar-refractivity contribution < 1.29 is 9.53 Å². The Hall–Kier alpha value is -4.40. The molecule has 0 radical (unpaired) electrons. The summed E-state index contributed by atoms with van der Waals surface area (Å²) in [6, 6.07) is 14.1. The molecule has 9 heteroatoms. The number of nitrogens with zero attached hydrogens (tertiary/aromatic N) is 3. The largest absolute Gasteiger partial charge is 0.437 e. The second-order valence-electron chi connectivity index (χ2n) is 6.02. The lowest BCUT2D eigenvalue weighted by atomic mass is 10.3. The highest BCUT2D eigenvalue weighted by Crippen LogP contribution is 2.29. The maximum atomic E-state index is 11.5. The molecule has 1 amide bonds. The van der Waals surface area contributed by atoms with E-state index in [1.165, 1.54) is 12.4 Å². The molecule has 0 unspecified atom stereocenters. The average molecular weight is 387 g/mol. The van der Waals surface area contributed by atoms with Gasteiger partial charge in [0.05, 0.1) is 6.33 Å². The number of carbonyl (C=O) groups excluding carboxylic acids is 1. The molecule has 0 spiro atoms. The number of anilines is 4. The highest BCUT2D eigenvalue weighted by atomic mass is 16.5. The molecule has 144 valence electrons. The van der Waals surface area contributed by atoms with Crippen LogP contribution in [0.3, 0.4) is 0 Å². The predicted octanol–water partition coefficient (Wildman–Crippen LogP) is 3.60. The molecule has 0 fully saturated rings. The number of nitrogens with one attached hydrogen (secondary N) is 3. The lowest BCUT2D eigenvalue weighted by Crippen LogP contribution is -2.07. The lowest BCUT2D eigenvalue weighted by molar-refractivity contribution is -0.111. The smallest absolute Gasteiger partial charge is 0.250 e. The normalized spacial score (nSPS) is 10.5. The van der Waals surface area contributed by atoms with E-state index in [2.05, 4.69) is 37.1 Å². The molecule has 2 heterocycles. The van der Waals surface area contributed by atoms with Gasteiger partial charge in [0.2, 0.25) is 11.9 Å². The maximum Gasteiger partial charge on any atom is 0.250 e. The number of nitrogen functional groups attached to an aromatic ring is 1. The van der Waals surface area contributed by atoms with Crippen LogP contribution in [0.2, 0.25) is 0 Å². The van der Waals surface area contributed by atoms with Crippen LogP contribution in [-0.2, 0) is 4.79 Å². The lowest BCUT2D eigenvalue weighted by Gasteiger charge is -2.10. The van der Waals surface area contributed by atoms with E-state index < -0.39 is 0 Å². The molecule has 0 saturated heterocycles. The number of nitrogens with two attached hydrogens (primary N) is 1. The van der Waals surface area contributed by atoms with Gasteiger partial charge in [-0.05, 0) is 42.5 Å². The summed E-state index contributed by atoms with van der Waals surface area (Å²) < 4.78 is 5.94. The Morgan fingerprint density at radius 3 is 2.76 bits per heavy atom. The molecule has 5 N–H and O–H groups in total. The average Bonchev–Trinajstić information content (AvgIpc) is 3.19. The van der Waals surface area contributed by atoms with E-state index in [0.717, 1.165) is 5.69 Å². The van der Waals surface area contributed by atoms with Crippen molar-refractivity contribution in [1.29, 1.82) is 0 Å². The molecule has 29 heavy (non-hydrogen) atoms. The molecule has 2 aromatic heterocycles. The second-order valence-corrected chi connectivity index (χ2v) is 6.02. The predicted molar refractivity (Wildman–Crippen MR) is 111 cm³/mol. The van der Waals surface area contributed by atoms with Crippen LogP contribution >= 0.6 is 0 Å². The van der Waals surface area contributed by atoms with E-state index in [1.807, 2.05) is 12.1 Å². The van der Waals surface area contributed by atoms with Crippen LogP contribution in [0.5, 0.6) is 11.6 Å². The van der Waals surface area contributed by atoms with Crippen molar-refractivity contribution in [2.45, 2.75) is 0 Å². The van der Waals surface area contributed by atoms with E-state index in [9.17, 15) is 4.79 Å². The number of benzene rings is 2. The van der Waals surface area contributed by atoms with E-state index in [1.54, 1.807) is 36.4 Å². The quantitative estimate of drug-likeness (QED) is 0.294. The fourth-order valence-corrected chi connectivity index (χ4v) is 2.57. The van der Waals surface area contributed by atoms with Crippen LogP contribution in [0.1, 0.15) is 0 Å². The number of rotatable bonds is 6. The summed E-state index contributed by atoms with van der Waals surface area (Å²) in [7, 11) is 0. The molecule has 0 atom stereocenters. The van der Waals surface area contributed by atoms with Crippen LogP contribution in [0.4, 0.5) is 23.0 Å². The first-order chi connectivity index (χ1) is 14.1. The van der Waals surface area contributed by atoms with Crippen LogP contribution in [0.25, 0.3) is 11.2 Å². The first-order valence-corrected chi connectivity index (χ1v) is 8.66. The minimum absolute atomic E-state index is 0.289. The number of H-pyrrole nitrogens is 1. The maximum absolute atomic E-state index is 11.5. The van der Waals surface area contributed by atoms with Crippen LogP contribution in [0.15, 0.2) is 67.5 Å². The van der Waals surface area contributed by atoms with Gasteiger partial charge in [-0.15, -0.1) is 0 Å². The van der Waals surface area contributed by atoms with Crippen LogP contribution in [-0.4, -0.2) is 25.8 Å². The molecule has 9 nitrogen and oxygen atoms in total. The van der Waals surface area contributed by atoms with Gasteiger partial charge in [0.15, 0.2) is 5.65 Å². The van der Waals surface area contributed by atoms with Gasteiger partial charge in [-0.2, -0.15) is 9.97 Å². The van der Waals surface area contributed by atoms with Crippen molar-refractivity contribution in [2.24, 2.45) is 0 Å². The van der Waals surface area contributed by atoms with E-state index >= 15 is 0 Å². The summed E-state index contributed by atoms with van der Waals surface area (Å²) in [4.78, 5) is 27.5. The Morgan fingerprint density at radius 2 is 1.97 bits per heavy atom. The van der Waals surface area contributed by atoms with E-state index in [-0.39, 0.29) is 11.8 Å². The summed E-state index contributed by atoms with van der Waals surface area (Å²) in [5.41, 5.74) is 8.72. The Kier molecular flexibility index (Phi) is 4.77. The zero-order valence-electron chi connectivity index (χ0n) is 15.2. The zero-order valence-corrected chi connectivity index (χ0v) is 15.2. The van der Waals surface area contributed by atoms with Crippen molar-refractivity contribution in [2.75, 3.05) is 16.4 Å². The highest BCUT2D eigenvalue weighted by Gasteiger charge is 2.13. The fraction of sp³-hybridized carbons (Fsp3) is 0. The molecule has 0 aliphatic carbocycles. The zero-order chi connectivity index (χ0) is 20.2. The van der Waals surface area contributed by atoms with Gasteiger partial charge in [-0.3, -0.25) is 4.79 Å². The number of aromatic amines is 1. The molecule has 0 saturated carbocycles. The Bertz CT molecular complexity index is 1190.